The summed E-state index contributed by atoms with van der Waals surface area (Å²) in [5, 5.41) is 0. The van der Waals surface area contributed by atoms with Gasteiger partial charge in [0, 0.05) is 13.7 Å². The van der Waals surface area contributed by atoms with E-state index >= 15 is 0 Å². The molecule has 0 aromatic carbocycles. The molecule has 0 amide bonds. The number of rotatable bonds is 4. The lowest BCUT2D eigenvalue weighted by Crippen LogP contribution is -2.22. The summed E-state index contributed by atoms with van der Waals surface area (Å²) in [5.74, 6) is -1.19. The standard InChI is InChI=1S/C5H11BF3O/c1-5(3-4-10-2)6(7,8)9/h5H,3-4H2,1-2H3/q-1. The van der Waals surface area contributed by atoms with Crippen LogP contribution in [0.25, 0.3) is 0 Å². The molecule has 0 rings (SSSR count). The van der Waals surface area contributed by atoms with Crippen LogP contribution in [0.2, 0.25) is 5.82 Å². The van der Waals surface area contributed by atoms with Gasteiger partial charge in [-0.05, 0) is 0 Å². The van der Waals surface area contributed by atoms with Gasteiger partial charge in [-0.15, -0.1) is 0 Å². The van der Waals surface area contributed by atoms with Crippen molar-refractivity contribution in [1.82, 2.24) is 0 Å². The fourth-order valence-electron chi connectivity index (χ4n) is 0.493. The second-order valence-corrected chi connectivity index (χ2v) is 2.38. The number of methoxy groups -OCH3 is 1. The smallest absolute Gasteiger partial charge is 0.449 e. The Labute approximate surface area is 58.6 Å². The van der Waals surface area contributed by atoms with Crippen molar-refractivity contribution in [3.05, 3.63) is 0 Å². The lowest BCUT2D eigenvalue weighted by molar-refractivity contribution is 0.190. The molecule has 10 heavy (non-hydrogen) atoms. The first-order valence-electron chi connectivity index (χ1n) is 3.17. The van der Waals surface area contributed by atoms with Crippen molar-refractivity contribution in [2.24, 2.45) is 0 Å². The van der Waals surface area contributed by atoms with Gasteiger partial charge in [0.1, 0.15) is 0 Å². The molecule has 62 valence electrons. The minimum atomic E-state index is -4.66. The van der Waals surface area contributed by atoms with E-state index in [1.165, 1.54) is 14.0 Å². The molecule has 0 aromatic rings. The molecule has 0 aliphatic carbocycles. The third kappa shape index (κ3) is 3.77. The minimum absolute atomic E-state index is 0.0694. The highest BCUT2D eigenvalue weighted by atomic mass is 19.4. The van der Waals surface area contributed by atoms with Gasteiger partial charge in [-0.2, -0.15) is 0 Å². The number of halogens is 3. The van der Waals surface area contributed by atoms with Gasteiger partial charge in [-0.1, -0.05) is 19.2 Å². The maximum absolute atomic E-state index is 11.8. The summed E-state index contributed by atoms with van der Waals surface area (Å²) in [6.07, 6.45) is 0.0694. The van der Waals surface area contributed by atoms with Gasteiger partial charge in [-0.3, -0.25) is 0 Å². The van der Waals surface area contributed by atoms with Gasteiger partial charge >= 0.3 is 6.98 Å². The normalized spacial score (nSPS) is 15.3. The average molecular weight is 155 g/mol. The van der Waals surface area contributed by atoms with E-state index in [-0.39, 0.29) is 13.0 Å². The lowest BCUT2D eigenvalue weighted by atomic mass is 9.72. The van der Waals surface area contributed by atoms with E-state index in [4.69, 9.17) is 0 Å². The Morgan fingerprint density at radius 2 is 1.90 bits per heavy atom. The third-order valence-corrected chi connectivity index (χ3v) is 1.42. The second kappa shape index (κ2) is 3.86. The Morgan fingerprint density at radius 3 is 2.20 bits per heavy atom. The van der Waals surface area contributed by atoms with E-state index in [0.29, 0.717) is 0 Å². The molecule has 1 atom stereocenters. The highest BCUT2D eigenvalue weighted by Crippen LogP contribution is 2.28. The largest absolute Gasteiger partial charge is 0.481 e. The van der Waals surface area contributed by atoms with Gasteiger partial charge in [0.15, 0.2) is 0 Å². The van der Waals surface area contributed by atoms with Crippen LogP contribution in [-0.4, -0.2) is 20.7 Å². The van der Waals surface area contributed by atoms with E-state index in [9.17, 15) is 12.9 Å². The van der Waals surface area contributed by atoms with Gasteiger partial charge in [0.25, 0.3) is 0 Å². The first kappa shape index (κ1) is 9.81. The molecule has 0 fully saturated rings. The molecule has 0 N–H and O–H groups in total. The molecule has 0 heterocycles. The van der Waals surface area contributed by atoms with Crippen molar-refractivity contribution >= 4 is 6.98 Å². The summed E-state index contributed by atoms with van der Waals surface area (Å²) in [6.45, 7) is -3.30. The Balaban J connectivity index is 3.52. The van der Waals surface area contributed by atoms with E-state index in [1.807, 2.05) is 0 Å². The quantitative estimate of drug-likeness (QED) is 0.565. The third-order valence-electron chi connectivity index (χ3n) is 1.42. The molecule has 0 saturated carbocycles. The predicted molar refractivity (Wildman–Crippen MR) is 35.0 cm³/mol. The van der Waals surface area contributed by atoms with E-state index < -0.39 is 12.8 Å². The van der Waals surface area contributed by atoms with Gasteiger partial charge in [0.2, 0.25) is 0 Å². The summed E-state index contributed by atoms with van der Waals surface area (Å²) >= 11 is 0. The van der Waals surface area contributed by atoms with Crippen LogP contribution >= 0.6 is 0 Å². The molecule has 0 aliphatic heterocycles. The highest BCUT2D eigenvalue weighted by Gasteiger charge is 2.30. The zero-order valence-corrected chi connectivity index (χ0v) is 6.11. The lowest BCUT2D eigenvalue weighted by Gasteiger charge is -2.21. The molecule has 0 aromatic heterocycles. The zero-order valence-electron chi connectivity index (χ0n) is 6.11. The van der Waals surface area contributed by atoms with E-state index in [0.717, 1.165) is 0 Å². The van der Waals surface area contributed by atoms with Crippen LogP contribution in [0.3, 0.4) is 0 Å². The summed E-state index contributed by atoms with van der Waals surface area (Å²) in [4.78, 5) is 0. The molecular formula is C5H11BF3O-. The highest BCUT2D eigenvalue weighted by molar-refractivity contribution is 6.60. The van der Waals surface area contributed by atoms with Crippen molar-refractivity contribution in [2.75, 3.05) is 13.7 Å². The van der Waals surface area contributed by atoms with Gasteiger partial charge in [0.05, 0.1) is 0 Å². The topological polar surface area (TPSA) is 9.23 Å². The minimum Gasteiger partial charge on any atom is -0.449 e. The van der Waals surface area contributed by atoms with Gasteiger partial charge in [-0.25, -0.2) is 0 Å². The molecule has 0 spiro atoms. The van der Waals surface area contributed by atoms with Crippen LogP contribution in [0.4, 0.5) is 12.9 Å². The van der Waals surface area contributed by atoms with Crippen molar-refractivity contribution in [1.29, 1.82) is 0 Å². The summed E-state index contributed by atoms with van der Waals surface area (Å²) < 4.78 is 39.9. The molecule has 0 saturated heterocycles. The zero-order chi connectivity index (χ0) is 8.20. The number of hydrogen-bond donors (Lipinski definition) is 0. The first-order chi connectivity index (χ1) is 4.48. The number of ether oxygens (including phenoxy) is 1. The maximum atomic E-state index is 11.8. The van der Waals surface area contributed by atoms with Crippen LogP contribution in [0.5, 0.6) is 0 Å². The average Bonchev–Trinajstić information content (AvgIpc) is 1.80. The van der Waals surface area contributed by atoms with Crippen LogP contribution in [-0.2, 0) is 4.74 Å². The molecule has 0 aliphatic rings. The molecule has 5 heteroatoms. The fourth-order valence-corrected chi connectivity index (χ4v) is 0.493. The van der Waals surface area contributed by atoms with Crippen LogP contribution < -0.4 is 0 Å². The fraction of sp³-hybridized carbons (Fsp3) is 1.00. The maximum Gasteiger partial charge on any atom is 0.481 e. The van der Waals surface area contributed by atoms with Crippen molar-refractivity contribution in [2.45, 2.75) is 19.2 Å². The Hall–Kier alpha value is -0.185. The summed E-state index contributed by atoms with van der Waals surface area (Å²) in [7, 11) is 1.40. The van der Waals surface area contributed by atoms with Crippen molar-refractivity contribution in [3.8, 4) is 0 Å². The van der Waals surface area contributed by atoms with Crippen molar-refractivity contribution < 1.29 is 17.7 Å². The Bertz CT molecular complexity index is 93.4. The molecular weight excluding hydrogens is 144 g/mol. The summed E-state index contributed by atoms with van der Waals surface area (Å²) in [5.41, 5.74) is 0. The monoisotopic (exact) mass is 155 g/mol. The Kier molecular flexibility index (Phi) is 3.79. The molecule has 1 unspecified atom stereocenters. The number of hydrogen-bond acceptors (Lipinski definition) is 1. The van der Waals surface area contributed by atoms with Crippen LogP contribution in [0.15, 0.2) is 0 Å². The molecule has 1 nitrogen and oxygen atoms in total. The van der Waals surface area contributed by atoms with Gasteiger partial charge < -0.3 is 17.7 Å². The summed E-state index contributed by atoms with van der Waals surface area (Å²) in [6, 6.07) is 0. The Morgan fingerprint density at radius 1 is 1.40 bits per heavy atom. The first-order valence-corrected chi connectivity index (χ1v) is 3.17. The van der Waals surface area contributed by atoms with Crippen LogP contribution in [0.1, 0.15) is 13.3 Å². The van der Waals surface area contributed by atoms with E-state index in [1.54, 1.807) is 0 Å². The second-order valence-electron chi connectivity index (χ2n) is 2.38. The molecule has 0 radical (unpaired) electrons. The van der Waals surface area contributed by atoms with Crippen LogP contribution in [0, 0.1) is 0 Å². The predicted octanol–water partition coefficient (Wildman–Crippen LogP) is 2.26. The van der Waals surface area contributed by atoms with Crippen molar-refractivity contribution in [3.63, 3.8) is 0 Å². The molecule has 0 bridgehead atoms. The van der Waals surface area contributed by atoms with E-state index in [2.05, 4.69) is 4.74 Å². The SMILES string of the molecule is COCCC(C)[B-](F)(F)F.